The third kappa shape index (κ3) is 2.84. The number of pyridine rings is 1. The number of hydrogen-bond acceptors (Lipinski definition) is 6. The summed E-state index contributed by atoms with van der Waals surface area (Å²) in [6, 6.07) is 4.19. The molecule has 5 rings (SSSR count). The summed E-state index contributed by atoms with van der Waals surface area (Å²) in [6.07, 6.45) is 9.14. The smallest absolute Gasteiger partial charge is 0.224 e. The zero-order valence-corrected chi connectivity index (χ0v) is 15.6. The lowest BCUT2D eigenvalue weighted by molar-refractivity contribution is -0.121. The molecule has 0 bridgehead atoms. The van der Waals surface area contributed by atoms with Gasteiger partial charge in [-0.25, -0.2) is 4.98 Å². The zero-order valence-electron chi connectivity index (χ0n) is 15.6. The molecule has 1 aliphatic carbocycles. The van der Waals surface area contributed by atoms with Crippen LogP contribution >= 0.6 is 0 Å². The molecule has 0 radical (unpaired) electrons. The van der Waals surface area contributed by atoms with Gasteiger partial charge in [0.25, 0.3) is 0 Å². The van der Waals surface area contributed by atoms with Crippen molar-refractivity contribution in [3.05, 3.63) is 37.1 Å². The first kappa shape index (κ1) is 16.7. The van der Waals surface area contributed by atoms with Gasteiger partial charge in [-0.3, -0.25) is 9.20 Å². The van der Waals surface area contributed by atoms with E-state index in [9.17, 15) is 4.79 Å². The van der Waals surface area contributed by atoms with Gasteiger partial charge in [-0.1, -0.05) is 0 Å². The van der Waals surface area contributed by atoms with E-state index < -0.39 is 0 Å². The van der Waals surface area contributed by atoms with Crippen LogP contribution in [-0.2, 0) is 4.79 Å². The minimum Gasteiger partial charge on any atom is -0.351 e. The van der Waals surface area contributed by atoms with Crippen molar-refractivity contribution in [3.8, 4) is 11.1 Å². The van der Waals surface area contributed by atoms with Gasteiger partial charge in [-0.15, -0.1) is 10.2 Å². The Bertz CT molecular complexity index is 1190. The van der Waals surface area contributed by atoms with Gasteiger partial charge in [-0.2, -0.15) is 4.98 Å². The number of nitrogens with one attached hydrogen (secondary N) is 3. The van der Waals surface area contributed by atoms with Gasteiger partial charge in [0.2, 0.25) is 11.9 Å². The van der Waals surface area contributed by atoms with E-state index in [4.69, 9.17) is 0 Å². The third-order valence-corrected chi connectivity index (χ3v) is 5.24. The predicted molar refractivity (Wildman–Crippen MR) is 105 cm³/mol. The van der Waals surface area contributed by atoms with Gasteiger partial charge in [0, 0.05) is 53.6 Å². The molecule has 4 aromatic rings. The van der Waals surface area contributed by atoms with Crippen LogP contribution in [0, 0.1) is 0 Å². The Kier molecular flexibility index (Phi) is 3.58. The maximum absolute atomic E-state index is 11.3. The highest BCUT2D eigenvalue weighted by Gasteiger charge is 2.41. The second kappa shape index (κ2) is 6.01. The molecule has 1 aliphatic rings. The second-order valence-corrected chi connectivity index (χ2v) is 7.66. The summed E-state index contributed by atoms with van der Waals surface area (Å²) in [7, 11) is 0. The molecule has 28 heavy (non-hydrogen) atoms. The highest BCUT2D eigenvalue weighted by Crippen LogP contribution is 2.34. The van der Waals surface area contributed by atoms with Gasteiger partial charge in [0.15, 0.2) is 5.65 Å². The van der Waals surface area contributed by atoms with Crippen LogP contribution in [0.25, 0.3) is 27.8 Å². The summed E-state index contributed by atoms with van der Waals surface area (Å²) < 4.78 is 1.88. The molecule has 0 spiro atoms. The molecule has 9 nitrogen and oxygen atoms in total. The van der Waals surface area contributed by atoms with Gasteiger partial charge in [-0.05, 0) is 31.9 Å². The lowest BCUT2D eigenvalue weighted by Crippen LogP contribution is -2.59. The third-order valence-electron chi connectivity index (χ3n) is 5.24. The number of aromatic nitrogens is 6. The summed E-state index contributed by atoms with van der Waals surface area (Å²) in [5.41, 5.74) is 3.50. The average Bonchev–Trinajstić information content (AvgIpc) is 3.25. The van der Waals surface area contributed by atoms with Crippen LogP contribution in [-0.4, -0.2) is 47.0 Å². The molecular weight excluding hydrogens is 356 g/mol. The van der Waals surface area contributed by atoms with Gasteiger partial charge in [0.05, 0.1) is 0 Å². The number of rotatable bonds is 4. The van der Waals surface area contributed by atoms with Crippen LogP contribution in [0.4, 0.5) is 5.95 Å². The second-order valence-electron chi connectivity index (χ2n) is 7.66. The van der Waals surface area contributed by atoms with Gasteiger partial charge < -0.3 is 15.6 Å². The molecule has 0 aliphatic heterocycles. The van der Waals surface area contributed by atoms with Crippen LogP contribution in [0.2, 0.25) is 0 Å². The van der Waals surface area contributed by atoms with Crippen molar-refractivity contribution in [2.75, 3.05) is 5.32 Å². The summed E-state index contributed by atoms with van der Waals surface area (Å²) >= 11 is 0. The number of nitrogens with zero attached hydrogens (tertiary/aromatic N) is 5. The number of aromatic amines is 1. The molecule has 0 saturated heterocycles. The van der Waals surface area contributed by atoms with Crippen LogP contribution in [0.5, 0.6) is 0 Å². The molecule has 0 atom stereocenters. The van der Waals surface area contributed by atoms with Crippen LogP contribution in [0.1, 0.15) is 26.7 Å². The topological polar surface area (TPSA) is 113 Å². The molecular formula is C19H20N8O. The van der Waals surface area contributed by atoms with Crippen molar-refractivity contribution in [3.63, 3.8) is 0 Å². The average molecular weight is 376 g/mol. The monoisotopic (exact) mass is 376 g/mol. The highest BCUT2D eigenvalue weighted by molar-refractivity contribution is 5.93. The van der Waals surface area contributed by atoms with E-state index >= 15 is 0 Å². The molecule has 3 N–H and O–H groups in total. The van der Waals surface area contributed by atoms with Gasteiger partial charge in [0.1, 0.15) is 12.0 Å². The maximum atomic E-state index is 11.3. The lowest BCUT2D eigenvalue weighted by atomic mass is 9.74. The van der Waals surface area contributed by atoms with Crippen LogP contribution < -0.4 is 10.6 Å². The SMILES string of the molecule is CC(=O)N[C@]1(C)C[C@@H](Nc2ncc3c(-c4ccc5nncn5c4)c[nH]c3n2)C1. The lowest BCUT2D eigenvalue weighted by Gasteiger charge is -2.45. The van der Waals surface area contributed by atoms with Crippen molar-refractivity contribution in [1.82, 2.24) is 34.9 Å². The first-order valence-electron chi connectivity index (χ1n) is 9.18. The van der Waals surface area contributed by atoms with E-state index in [1.54, 1.807) is 13.3 Å². The molecule has 1 fully saturated rings. The molecule has 4 heterocycles. The zero-order chi connectivity index (χ0) is 19.3. The fourth-order valence-corrected chi connectivity index (χ4v) is 4.04. The number of amides is 1. The normalized spacial score (nSPS) is 21.6. The maximum Gasteiger partial charge on any atom is 0.224 e. The minimum atomic E-state index is -0.145. The fraction of sp³-hybridized carbons (Fsp3) is 0.316. The van der Waals surface area contributed by atoms with Crippen LogP contribution in [0.15, 0.2) is 37.1 Å². The van der Waals surface area contributed by atoms with E-state index in [-0.39, 0.29) is 17.5 Å². The molecule has 4 aromatic heterocycles. The number of carbonyl (C=O) groups is 1. The number of carbonyl (C=O) groups excluding carboxylic acids is 1. The Hall–Kier alpha value is -3.49. The Morgan fingerprint density at radius 2 is 2.21 bits per heavy atom. The summed E-state index contributed by atoms with van der Waals surface area (Å²) in [6.45, 7) is 3.60. The standard InChI is InChI=1S/C19H20N8O/c1-11(28)25-19(2)5-13(6-19)23-18-21-8-15-14(7-20-17(15)24-18)12-3-4-16-26-22-10-27(16)9-12/h3-4,7-10,13H,5-6H2,1-2H3,(H,25,28)(H2,20,21,23,24)/t13-,19-. The van der Waals surface area contributed by atoms with Crippen molar-refractivity contribution in [2.45, 2.75) is 38.3 Å². The Labute approximate surface area is 160 Å². The van der Waals surface area contributed by atoms with E-state index in [0.717, 1.165) is 40.6 Å². The summed E-state index contributed by atoms with van der Waals surface area (Å²) in [5, 5.41) is 15.2. The summed E-state index contributed by atoms with van der Waals surface area (Å²) in [5.74, 6) is 0.590. The van der Waals surface area contributed by atoms with Crippen molar-refractivity contribution < 1.29 is 4.79 Å². The number of hydrogen-bond donors (Lipinski definition) is 3. The Morgan fingerprint density at radius 3 is 3.04 bits per heavy atom. The summed E-state index contributed by atoms with van der Waals surface area (Å²) in [4.78, 5) is 23.6. The molecule has 142 valence electrons. The predicted octanol–water partition coefficient (Wildman–Crippen LogP) is 2.14. The first-order chi connectivity index (χ1) is 13.5. The Morgan fingerprint density at radius 1 is 1.36 bits per heavy atom. The van der Waals surface area contributed by atoms with E-state index in [1.807, 2.05) is 35.1 Å². The van der Waals surface area contributed by atoms with Crippen molar-refractivity contribution >= 4 is 28.5 Å². The molecule has 0 unspecified atom stereocenters. The van der Waals surface area contributed by atoms with E-state index in [0.29, 0.717) is 5.95 Å². The van der Waals surface area contributed by atoms with Gasteiger partial charge >= 0.3 is 0 Å². The van der Waals surface area contributed by atoms with E-state index in [2.05, 4.69) is 42.7 Å². The highest BCUT2D eigenvalue weighted by atomic mass is 16.1. The number of anilines is 1. The Balaban J connectivity index is 1.36. The molecule has 9 heteroatoms. The van der Waals surface area contributed by atoms with Crippen LogP contribution in [0.3, 0.4) is 0 Å². The molecule has 1 saturated carbocycles. The number of H-pyrrole nitrogens is 1. The minimum absolute atomic E-state index is 0.00203. The quantitative estimate of drug-likeness (QED) is 0.503. The first-order valence-corrected chi connectivity index (χ1v) is 9.18. The number of fused-ring (bicyclic) bond motifs is 2. The molecule has 0 aromatic carbocycles. The fourth-order valence-electron chi connectivity index (χ4n) is 4.04. The van der Waals surface area contributed by atoms with E-state index in [1.165, 1.54) is 0 Å². The van der Waals surface area contributed by atoms with Crippen molar-refractivity contribution in [1.29, 1.82) is 0 Å². The van der Waals surface area contributed by atoms with Crippen molar-refractivity contribution in [2.24, 2.45) is 0 Å². The molecule has 1 amide bonds. The largest absolute Gasteiger partial charge is 0.351 e.